The van der Waals surface area contributed by atoms with E-state index >= 15 is 0 Å². The van der Waals surface area contributed by atoms with Gasteiger partial charge in [-0.1, -0.05) is 20.3 Å². The number of amides is 3. The number of aliphatic imine (C=N–C) groups is 1. The molecular weight excluding hydrogens is 356 g/mol. The van der Waals surface area contributed by atoms with Crippen molar-refractivity contribution in [3.05, 3.63) is 0 Å². The van der Waals surface area contributed by atoms with Crippen molar-refractivity contribution in [2.24, 2.45) is 4.99 Å². The fourth-order valence-electron chi connectivity index (χ4n) is 3.99. The Morgan fingerprint density at radius 2 is 1.96 bits per heavy atom. The van der Waals surface area contributed by atoms with E-state index in [1.807, 2.05) is 6.92 Å². The molecule has 8 nitrogen and oxygen atoms in total. The minimum Gasteiger partial charge on any atom is -0.356 e. The molecule has 0 aromatic carbocycles. The van der Waals surface area contributed by atoms with Crippen LogP contribution in [-0.2, 0) is 4.79 Å². The first kappa shape index (κ1) is 22.5. The third-order valence-corrected chi connectivity index (χ3v) is 6.04. The van der Waals surface area contributed by atoms with E-state index in [4.69, 9.17) is 0 Å². The van der Waals surface area contributed by atoms with Crippen LogP contribution in [0.4, 0.5) is 4.79 Å². The molecule has 8 heteroatoms. The maximum Gasteiger partial charge on any atom is 0.325 e. The SMILES string of the molecule is CCC1CCCCN1CCNC(=NC)NCCCN1C(=O)NC(C)(CC)C1=O. The Morgan fingerprint density at radius 3 is 2.61 bits per heavy atom. The van der Waals surface area contributed by atoms with E-state index in [0.29, 0.717) is 32.0 Å². The highest BCUT2D eigenvalue weighted by atomic mass is 16.2. The molecule has 160 valence electrons. The highest BCUT2D eigenvalue weighted by Gasteiger charge is 2.45. The number of hydrogen-bond donors (Lipinski definition) is 3. The number of imide groups is 1. The summed E-state index contributed by atoms with van der Waals surface area (Å²) < 4.78 is 0. The minimum atomic E-state index is -0.757. The van der Waals surface area contributed by atoms with Crippen LogP contribution in [-0.4, -0.2) is 79.0 Å². The molecule has 0 spiro atoms. The molecule has 2 aliphatic rings. The van der Waals surface area contributed by atoms with E-state index < -0.39 is 5.54 Å². The normalized spacial score (nSPS) is 26.5. The van der Waals surface area contributed by atoms with Gasteiger partial charge in [0.25, 0.3) is 5.91 Å². The van der Waals surface area contributed by atoms with Crippen LogP contribution in [0, 0.1) is 0 Å². The van der Waals surface area contributed by atoms with Gasteiger partial charge in [-0.3, -0.25) is 19.6 Å². The van der Waals surface area contributed by atoms with Gasteiger partial charge in [0.2, 0.25) is 0 Å². The lowest BCUT2D eigenvalue weighted by atomic mass is 9.99. The van der Waals surface area contributed by atoms with Gasteiger partial charge in [0, 0.05) is 39.3 Å². The van der Waals surface area contributed by atoms with Gasteiger partial charge >= 0.3 is 6.03 Å². The zero-order valence-corrected chi connectivity index (χ0v) is 18.0. The molecule has 2 heterocycles. The summed E-state index contributed by atoms with van der Waals surface area (Å²) in [6.07, 6.45) is 6.45. The van der Waals surface area contributed by atoms with Gasteiger partial charge in [0.05, 0.1) is 0 Å². The summed E-state index contributed by atoms with van der Waals surface area (Å²) in [7, 11) is 1.76. The van der Waals surface area contributed by atoms with Gasteiger partial charge in [-0.05, 0) is 45.6 Å². The van der Waals surface area contributed by atoms with E-state index in [-0.39, 0.29) is 11.9 Å². The Bertz CT molecular complexity index is 567. The van der Waals surface area contributed by atoms with Gasteiger partial charge in [-0.15, -0.1) is 0 Å². The largest absolute Gasteiger partial charge is 0.356 e. The quantitative estimate of drug-likeness (QED) is 0.239. The summed E-state index contributed by atoms with van der Waals surface area (Å²) in [5.74, 6) is 0.634. The summed E-state index contributed by atoms with van der Waals surface area (Å²) in [5.41, 5.74) is -0.757. The van der Waals surface area contributed by atoms with Crippen molar-refractivity contribution in [1.29, 1.82) is 0 Å². The molecule has 28 heavy (non-hydrogen) atoms. The van der Waals surface area contributed by atoms with Gasteiger partial charge in [0.15, 0.2) is 5.96 Å². The highest BCUT2D eigenvalue weighted by molar-refractivity contribution is 6.06. The van der Waals surface area contributed by atoms with E-state index in [2.05, 4.69) is 32.8 Å². The lowest BCUT2D eigenvalue weighted by Gasteiger charge is -2.35. The van der Waals surface area contributed by atoms with Crippen molar-refractivity contribution in [2.75, 3.05) is 39.8 Å². The smallest absolute Gasteiger partial charge is 0.325 e. The summed E-state index contributed by atoms with van der Waals surface area (Å²) >= 11 is 0. The van der Waals surface area contributed by atoms with Gasteiger partial charge in [-0.2, -0.15) is 0 Å². The first-order valence-electron chi connectivity index (χ1n) is 10.8. The number of carbonyl (C=O) groups is 2. The maximum atomic E-state index is 12.4. The van der Waals surface area contributed by atoms with E-state index in [9.17, 15) is 9.59 Å². The number of piperidine rings is 1. The zero-order chi connectivity index (χ0) is 20.6. The minimum absolute atomic E-state index is 0.130. The van der Waals surface area contributed by atoms with Crippen LogP contribution in [0.3, 0.4) is 0 Å². The topological polar surface area (TPSA) is 89.1 Å². The summed E-state index contributed by atoms with van der Waals surface area (Å²) in [6, 6.07) is 0.423. The third kappa shape index (κ3) is 5.59. The number of carbonyl (C=O) groups excluding carboxylic acids is 2. The first-order chi connectivity index (χ1) is 13.4. The second-order valence-corrected chi connectivity index (χ2v) is 7.95. The van der Waals surface area contributed by atoms with Gasteiger partial charge in [-0.25, -0.2) is 4.79 Å². The molecule has 0 aliphatic carbocycles. The van der Waals surface area contributed by atoms with Crippen molar-refractivity contribution in [3.8, 4) is 0 Å². The number of urea groups is 1. The Morgan fingerprint density at radius 1 is 1.21 bits per heavy atom. The zero-order valence-electron chi connectivity index (χ0n) is 18.0. The average Bonchev–Trinajstić information content (AvgIpc) is 2.93. The molecule has 2 rings (SSSR count). The molecule has 0 saturated carbocycles. The molecule has 3 N–H and O–H groups in total. The molecular formula is C20H38N6O2. The Kier molecular flexibility index (Phi) is 8.54. The van der Waals surface area contributed by atoms with E-state index in [0.717, 1.165) is 19.0 Å². The van der Waals surface area contributed by atoms with Crippen LogP contribution in [0.2, 0.25) is 0 Å². The average molecular weight is 395 g/mol. The summed E-state index contributed by atoms with van der Waals surface area (Å²) in [4.78, 5) is 32.6. The highest BCUT2D eigenvalue weighted by Crippen LogP contribution is 2.21. The second-order valence-electron chi connectivity index (χ2n) is 7.95. The molecule has 0 bridgehead atoms. The predicted octanol–water partition coefficient (Wildman–Crippen LogP) is 1.53. The number of rotatable bonds is 9. The molecule has 2 fully saturated rings. The van der Waals surface area contributed by atoms with E-state index in [1.54, 1.807) is 14.0 Å². The monoisotopic (exact) mass is 394 g/mol. The number of nitrogens with zero attached hydrogens (tertiary/aromatic N) is 3. The summed E-state index contributed by atoms with van der Waals surface area (Å²) in [6.45, 7) is 10.1. The van der Waals surface area contributed by atoms with Crippen molar-refractivity contribution in [1.82, 2.24) is 25.8 Å². The second kappa shape index (κ2) is 10.6. The molecule has 0 aromatic heterocycles. The molecule has 2 atom stereocenters. The molecule has 2 aliphatic heterocycles. The third-order valence-electron chi connectivity index (χ3n) is 6.04. The van der Waals surface area contributed by atoms with Crippen molar-refractivity contribution >= 4 is 17.9 Å². The van der Waals surface area contributed by atoms with Crippen LogP contribution < -0.4 is 16.0 Å². The molecule has 2 saturated heterocycles. The first-order valence-corrected chi connectivity index (χ1v) is 10.8. The number of nitrogens with one attached hydrogen (secondary N) is 3. The van der Waals surface area contributed by atoms with Crippen molar-refractivity contribution < 1.29 is 9.59 Å². The molecule has 0 aromatic rings. The Hall–Kier alpha value is -1.83. The Balaban J connectivity index is 1.66. The Labute approximate surface area is 169 Å². The molecule has 3 amide bonds. The maximum absolute atomic E-state index is 12.4. The molecule has 2 unspecified atom stereocenters. The fourth-order valence-corrected chi connectivity index (χ4v) is 3.99. The van der Waals surface area contributed by atoms with Gasteiger partial charge < -0.3 is 16.0 Å². The van der Waals surface area contributed by atoms with Crippen LogP contribution in [0.1, 0.15) is 59.3 Å². The fraction of sp³-hybridized carbons (Fsp3) is 0.850. The van der Waals surface area contributed by atoms with E-state index in [1.165, 1.54) is 37.1 Å². The standard InChI is InChI=1S/C20H38N6O2/c1-5-16-10-7-8-13-25(16)15-12-23-18(21-4)22-11-9-14-26-17(27)20(3,6-2)24-19(26)28/h16H,5-15H2,1-4H3,(H,24,28)(H2,21,22,23). The van der Waals surface area contributed by atoms with Crippen molar-refractivity contribution in [2.45, 2.75) is 70.9 Å². The van der Waals surface area contributed by atoms with Crippen LogP contribution in [0.15, 0.2) is 4.99 Å². The van der Waals surface area contributed by atoms with Crippen molar-refractivity contribution in [3.63, 3.8) is 0 Å². The van der Waals surface area contributed by atoms with Crippen LogP contribution in [0.5, 0.6) is 0 Å². The van der Waals surface area contributed by atoms with Crippen LogP contribution >= 0.6 is 0 Å². The lowest BCUT2D eigenvalue weighted by Crippen LogP contribution is -2.46. The van der Waals surface area contributed by atoms with Gasteiger partial charge in [0.1, 0.15) is 5.54 Å². The number of guanidine groups is 1. The van der Waals surface area contributed by atoms with Crippen LogP contribution in [0.25, 0.3) is 0 Å². The predicted molar refractivity (Wildman–Crippen MR) is 112 cm³/mol. The number of likely N-dealkylation sites (tertiary alicyclic amines) is 1. The molecule has 0 radical (unpaired) electrons. The number of hydrogen-bond acceptors (Lipinski definition) is 4. The summed E-state index contributed by atoms with van der Waals surface area (Å²) in [5, 5.41) is 9.42. The lowest BCUT2D eigenvalue weighted by molar-refractivity contribution is -0.130.